The summed E-state index contributed by atoms with van der Waals surface area (Å²) in [6.07, 6.45) is 0.610. The fourth-order valence-electron chi connectivity index (χ4n) is 1.34. The van der Waals surface area contributed by atoms with Gasteiger partial charge in [0.1, 0.15) is 5.52 Å². The van der Waals surface area contributed by atoms with Gasteiger partial charge in [-0.2, -0.15) is 0 Å². The highest BCUT2D eigenvalue weighted by Crippen LogP contribution is 2.24. The van der Waals surface area contributed by atoms with Gasteiger partial charge in [0.05, 0.1) is 29.2 Å². The summed E-state index contributed by atoms with van der Waals surface area (Å²) in [7, 11) is 0. The van der Waals surface area contributed by atoms with Gasteiger partial charge < -0.3 is 20.6 Å². The number of carbonyl (C=O) groups is 1. The van der Waals surface area contributed by atoms with Crippen molar-refractivity contribution in [3.63, 3.8) is 0 Å². The van der Waals surface area contributed by atoms with Crippen LogP contribution in [0.1, 0.15) is 10.4 Å². The number of hydrogen-bond donors (Lipinski definition) is 4. The Morgan fingerprint density at radius 1 is 1.56 bits per heavy atom. The summed E-state index contributed by atoms with van der Waals surface area (Å²) in [6.45, 7) is -0.275. The molecule has 0 aliphatic rings. The lowest BCUT2D eigenvalue weighted by molar-refractivity contribution is 0.0699. The molecule has 0 radical (unpaired) electrons. The van der Waals surface area contributed by atoms with Crippen molar-refractivity contribution in [1.82, 2.24) is 9.97 Å². The molecular weight excluding hydrogens is 258 g/mol. The number of nitrogens with one attached hydrogen (secondary N) is 1. The summed E-state index contributed by atoms with van der Waals surface area (Å²) in [5, 5.41) is 31.0. The monoisotopic (exact) mass is 269 g/mol. The van der Waals surface area contributed by atoms with E-state index in [0.717, 1.165) is 0 Å². The van der Waals surface area contributed by atoms with Gasteiger partial charge in [-0.1, -0.05) is 0 Å². The van der Waals surface area contributed by atoms with E-state index in [9.17, 15) is 9.90 Å². The first-order valence-corrected chi connectivity index (χ1v) is 6.00. The number of fused-ring (bicyclic) bond motifs is 1. The highest BCUT2D eigenvalue weighted by atomic mass is 32.1. The molecule has 0 aromatic carbocycles. The van der Waals surface area contributed by atoms with Crippen LogP contribution >= 0.6 is 11.3 Å². The third-order valence-electron chi connectivity index (χ3n) is 2.25. The Morgan fingerprint density at radius 3 is 3.00 bits per heavy atom. The molecule has 2 aromatic rings. The van der Waals surface area contributed by atoms with Gasteiger partial charge in [0, 0.05) is 11.9 Å². The van der Waals surface area contributed by atoms with E-state index < -0.39 is 12.1 Å². The Labute approximate surface area is 106 Å². The normalized spacial score (nSPS) is 12.6. The van der Waals surface area contributed by atoms with Gasteiger partial charge in [-0.05, 0) is 0 Å². The summed E-state index contributed by atoms with van der Waals surface area (Å²) < 4.78 is 0.681. The molecule has 2 heterocycles. The molecule has 0 amide bonds. The van der Waals surface area contributed by atoms with Crippen LogP contribution in [0.5, 0.6) is 0 Å². The van der Waals surface area contributed by atoms with Crippen molar-refractivity contribution in [1.29, 1.82) is 0 Å². The van der Waals surface area contributed by atoms with Crippen LogP contribution in [-0.4, -0.2) is 50.5 Å². The largest absolute Gasteiger partial charge is 0.478 e. The second-order valence-electron chi connectivity index (χ2n) is 3.58. The van der Waals surface area contributed by atoms with Crippen molar-refractivity contribution in [3.8, 4) is 0 Å². The fourth-order valence-corrected chi connectivity index (χ4v) is 2.18. The van der Waals surface area contributed by atoms with Gasteiger partial charge in [-0.25, -0.2) is 14.8 Å². The molecule has 2 aromatic heterocycles. The standard InChI is InChI=1S/C10H11N3O4S/c14-3-5(15)1-11-10-12-2-7-8(13-10)6(4-18-7)9(16)17/h2,4-5,14-15H,1,3H2,(H,16,17)(H,11,12,13). The van der Waals surface area contributed by atoms with Crippen LogP contribution in [-0.2, 0) is 0 Å². The lowest BCUT2D eigenvalue weighted by atomic mass is 10.3. The van der Waals surface area contributed by atoms with E-state index in [-0.39, 0.29) is 24.7 Å². The molecule has 1 atom stereocenters. The molecule has 0 bridgehead atoms. The first kappa shape index (κ1) is 12.7. The molecule has 7 nitrogen and oxygen atoms in total. The second-order valence-corrected chi connectivity index (χ2v) is 4.49. The molecule has 18 heavy (non-hydrogen) atoms. The Balaban J connectivity index is 2.25. The first-order chi connectivity index (χ1) is 8.61. The first-order valence-electron chi connectivity index (χ1n) is 5.12. The number of thiophene rings is 1. The second kappa shape index (κ2) is 5.25. The maximum atomic E-state index is 11.0. The van der Waals surface area contributed by atoms with Gasteiger partial charge in [-0.3, -0.25) is 0 Å². The number of aromatic carboxylic acids is 1. The number of hydrogen-bond acceptors (Lipinski definition) is 7. The molecule has 0 saturated heterocycles. The highest BCUT2D eigenvalue weighted by Gasteiger charge is 2.13. The molecule has 8 heteroatoms. The van der Waals surface area contributed by atoms with Crippen molar-refractivity contribution in [2.24, 2.45) is 0 Å². The average molecular weight is 269 g/mol. The van der Waals surface area contributed by atoms with E-state index in [1.165, 1.54) is 22.9 Å². The van der Waals surface area contributed by atoms with Crippen LogP contribution in [0, 0.1) is 0 Å². The number of anilines is 1. The van der Waals surface area contributed by atoms with Crippen molar-refractivity contribution < 1.29 is 20.1 Å². The molecule has 0 aliphatic heterocycles. The topological polar surface area (TPSA) is 116 Å². The Hall–Kier alpha value is -1.77. The van der Waals surface area contributed by atoms with Gasteiger partial charge in [0.25, 0.3) is 0 Å². The predicted octanol–water partition coefficient (Wildman–Crippen LogP) is 0.155. The maximum absolute atomic E-state index is 11.0. The third kappa shape index (κ3) is 2.55. The van der Waals surface area contributed by atoms with Gasteiger partial charge in [-0.15, -0.1) is 11.3 Å². The van der Waals surface area contributed by atoms with Crippen molar-refractivity contribution >= 4 is 33.5 Å². The lowest BCUT2D eigenvalue weighted by Gasteiger charge is -2.08. The zero-order chi connectivity index (χ0) is 13.1. The zero-order valence-corrected chi connectivity index (χ0v) is 10.0. The summed E-state index contributed by atoms with van der Waals surface area (Å²) in [5.74, 6) is -0.822. The number of aromatic nitrogens is 2. The highest BCUT2D eigenvalue weighted by molar-refractivity contribution is 7.17. The number of carboxylic acid groups (broad SMARTS) is 1. The molecule has 0 saturated carbocycles. The Kier molecular flexibility index (Phi) is 3.70. The van der Waals surface area contributed by atoms with E-state index >= 15 is 0 Å². The molecule has 96 valence electrons. The van der Waals surface area contributed by atoms with Crippen molar-refractivity contribution in [2.75, 3.05) is 18.5 Å². The summed E-state index contributed by atoms with van der Waals surface area (Å²) >= 11 is 1.26. The van der Waals surface area contributed by atoms with Crippen molar-refractivity contribution in [2.45, 2.75) is 6.10 Å². The van der Waals surface area contributed by atoms with E-state index in [1.54, 1.807) is 0 Å². The van der Waals surface area contributed by atoms with Gasteiger partial charge in [0.15, 0.2) is 0 Å². The van der Waals surface area contributed by atoms with E-state index in [4.69, 9.17) is 10.2 Å². The van der Waals surface area contributed by atoms with Crippen LogP contribution in [0.15, 0.2) is 11.6 Å². The van der Waals surface area contributed by atoms with Gasteiger partial charge >= 0.3 is 5.97 Å². The number of nitrogens with zero attached hydrogens (tertiary/aromatic N) is 2. The maximum Gasteiger partial charge on any atom is 0.338 e. The van der Waals surface area contributed by atoms with Crippen LogP contribution < -0.4 is 5.32 Å². The minimum Gasteiger partial charge on any atom is -0.478 e. The summed E-state index contributed by atoms with van der Waals surface area (Å²) in [5.41, 5.74) is 0.492. The number of aliphatic hydroxyl groups excluding tert-OH is 2. The zero-order valence-electron chi connectivity index (χ0n) is 9.20. The fraction of sp³-hybridized carbons (Fsp3) is 0.300. The molecule has 2 rings (SSSR count). The summed E-state index contributed by atoms with van der Waals surface area (Å²) in [4.78, 5) is 19.0. The number of aliphatic hydroxyl groups is 2. The van der Waals surface area contributed by atoms with Gasteiger partial charge in [0.2, 0.25) is 5.95 Å². The van der Waals surface area contributed by atoms with Crippen LogP contribution in [0.3, 0.4) is 0 Å². The van der Waals surface area contributed by atoms with Crippen LogP contribution in [0.4, 0.5) is 5.95 Å². The minimum atomic E-state index is -1.04. The lowest BCUT2D eigenvalue weighted by Crippen LogP contribution is -2.23. The molecule has 0 spiro atoms. The molecular formula is C10H11N3O4S. The quantitative estimate of drug-likeness (QED) is 0.610. The van der Waals surface area contributed by atoms with Crippen LogP contribution in [0.2, 0.25) is 0 Å². The Morgan fingerprint density at radius 2 is 2.33 bits per heavy atom. The summed E-state index contributed by atoms with van der Waals surface area (Å²) in [6, 6.07) is 0. The minimum absolute atomic E-state index is 0.0918. The van der Waals surface area contributed by atoms with E-state index in [0.29, 0.717) is 10.2 Å². The van der Waals surface area contributed by atoms with Crippen molar-refractivity contribution in [3.05, 3.63) is 17.1 Å². The van der Waals surface area contributed by atoms with Crippen LogP contribution in [0.25, 0.3) is 10.2 Å². The smallest absolute Gasteiger partial charge is 0.338 e. The van der Waals surface area contributed by atoms with E-state index in [1.807, 2.05) is 0 Å². The molecule has 0 fully saturated rings. The average Bonchev–Trinajstić information content (AvgIpc) is 2.78. The predicted molar refractivity (Wildman–Crippen MR) is 66.0 cm³/mol. The number of carboxylic acids is 1. The molecule has 0 aliphatic carbocycles. The molecule has 1 unspecified atom stereocenters. The SMILES string of the molecule is O=C(O)c1csc2cnc(NCC(O)CO)nc12. The van der Waals surface area contributed by atoms with E-state index in [2.05, 4.69) is 15.3 Å². The molecule has 4 N–H and O–H groups in total. The Bertz CT molecular complexity index is 571. The third-order valence-corrected chi connectivity index (χ3v) is 3.16. The number of rotatable bonds is 5.